The Kier molecular flexibility index (Phi) is 4.36. The molecule has 1 amide bonds. The van der Waals surface area contributed by atoms with Crippen LogP contribution in [0.25, 0.3) is 0 Å². The van der Waals surface area contributed by atoms with Gasteiger partial charge in [0, 0.05) is 44.1 Å². The van der Waals surface area contributed by atoms with E-state index in [1.165, 1.54) is 16.5 Å². The maximum atomic E-state index is 12.6. The number of amides is 1. The molecular formula is C18H24N6O2. The number of carbonyl (C=O) groups excluding carboxylic acids is 1. The van der Waals surface area contributed by atoms with Crippen LogP contribution in [0.15, 0.2) is 29.6 Å². The smallest absolute Gasteiger partial charge is 0.347 e. The quantitative estimate of drug-likeness (QED) is 0.858. The number of likely N-dealkylation sites (N-methyl/N-ethyl adjacent to an activating group) is 1. The summed E-state index contributed by atoms with van der Waals surface area (Å²) in [4.78, 5) is 40.4. The Bertz CT molecular complexity index is 849. The standard InChI is InChI=1S/C18H24N6O2/c1-2-24-9-4-14-16(21-13-20-14)18(24)5-10-22(11-6-18)15(25)12-23-8-3-7-19-17(23)26/h3,7-8,13H,2,4-6,9-12H2,1H3,(H,20,21). The van der Waals surface area contributed by atoms with Gasteiger partial charge in [0.2, 0.25) is 5.91 Å². The summed E-state index contributed by atoms with van der Waals surface area (Å²) in [6, 6.07) is 1.67. The van der Waals surface area contributed by atoms with Crippen LogP contribution in [0, 0.1) is 0 Å². The fourth-order valence-electron chi connectivity index (χ4n) is 4.42. The van der Waals surface area contributed by atoms with Crippen molar-refractivity contribution in [1.82, 2.24) is 29.3 Å². The van der Waals surface area contributed by atoms with E-state index in [1.54, 1.807) is 18.6 Å². The van der Waals surface area contributed by atoms with Crippen LogP contribution in [0.3, 0.4) is 0 Å². The van der Waals surface area contributed by atoms with Gasteiger partial charge < -0.3 is 9.88 Å². The summed E-state index contributed by atoms with van der Waals surface area (Å²) < 4.78 is 1.36. The number of likely N-dealkylation sites (tertiary alicyclic amines) is 1. The number of aromatic amines is 1. The molecule has 138 valence electrons. The maximum Gasteiger partial charge on any atom is 0.347 e. The number of carbonyl (C=O) groups is 1. The van der Waals surface area contributed by atoms with Gasteiger partial charge in [-0.2, -0.15) is 0 Å². The third-order valence-corrected chi connectivity index (χ3v) is 5.81. The predicted molar refractivity (Wildman–Crippen MR) is 95.5 cm³/mol. The van der Waals surface area contributed by atoms with Gasteiger partial charge in [-0.25, -0.2) is 14.8 Å². The monoisotopic (exact) mass is 356 g/mol. The molecule has 0 saturated carbocycles. The Balaban J connectivity index is 1.49. The van der Waals surface area contributed by atoms with Crippen molar-refractivity contribution in [3.8, 4) is 0 Å². The number of aromatic nitrogens is 4. The molecule has 0 aromatic carbocycles. The van der Waals surface area contributed by atoms with Crippen LogP contribution >= 0.6 is 0 Å². The van der Waals surface area contributed by atoms with Gasteiger partial charge in [-0.1, -0.05) is 6.92 Å². The van der Waals surface area contributed by atoms with E-state index in [0.29, 0.717) is 13.1 Å². The highest BCUT2D eigenvalue weighted by Crippen LogP contribution is 2.41. The second-order valence-corrected chi connectivity index (χ2v) is 7.00. The van der Waals surface area contributed by atoms with Crippen LogP contribution in [0.2, 0.25) is 0 Å². The van der Waals surface area contributed by atoms with Crippen molar-refractivity contribution < 1.29 is 4.79 Å². The van der Waals surface area contributed by atoms with Crippen LogP contribution in [0.5, 0.6) is 0 Å². The Morgan fingerprint density at radius 2 is 2.08 bits per heavy atom. The number of nitrogens with zero attached hydrogens (tertiary/aromatic N) is 5. The van der Waals surface area contributed by atoms with Crippen molar-refractivity contribution in [2.75, 3.05) is 26.2 Å². The molecule has 2 aliphatic rings. The number of piperidine rings is 1. The van der Waals surface area contributed by atoms with Crippen LogP contribution in [-0.2, 0) is 23.3 Å². The van der Waals surface area contributed by atoms with Crippen molar-refractivity contribution in [3.63, 3.8) is 0 Å². The van der Waals surface area contributed by atoms with E-state index < -0.39 is 0 Å². The zero-order valence-electron chi connectivity index (χ0n) is 15.0. The molecule has 1 N–H and O–H groups in total. The summed E-state index contributed by atoms with van der Waals surface area (Å²) in [5.41, 5.74) is 1.92. The second kappa shape index (κ2) is 6.68. The minimum absolute atomic E-state index is 0.0314. The third-order valence-electron chi connectivity index (χ3n) is 5.81. The van der Waals surface area contributed by atoms with Gasteiger partial charge in [0.05, 0.1) is 17.6 Å². The van der Waals surface area contributed by atoms with E-state index in [-0.39, 0.29) is 23.7 Å². The lowest BCUT2D eigenvalue weighted by Gasteiger charge is -2.50. The van der Waals surface area contributed by atoms with Crippen LogP contribution in [0.1, 0.15) is 31.2 Å². The Labute approximate surface area is 151 Å². The molecule has 2 aromatic heterocycles. The number of H-pyrrole nitrogens is 1. The summed E-state index contributed by atoms with van der Waals surface area (Å²) in [6.07, 6.45) is 7.57. The molecular weight excluding hydrogens is 332 g/mol. The first-order valence-electron chi connectivity index (χ1n) is 9.21. The number of rotatable bonds is 3. The Hall–Kier alpha value is -2.48. The predicted octanol–water partition coefficient (Wildman–Crippen LogP) is 0.362. The van der Waals surface area contributed by atoms with Crippen molar-refractivity contribution in [3.05, 3.63) is 46.7 Å². The number of hydrogen-bond donors (Lipinski definition) is 1. The molecule has 4 rings (SSSR count). The first kappa shape index (κ1) is 17.0. The van der Waals surface area contributed by atoms with Crippen molar-refractivity contribution >= 4 is 5.91 Å². The lowest BCUT2D eigenvalue weighted by molar-refractivity contribution is -0.135. The van der Waals surface area contributed by atoms with Gasteiger partial charge in [0.15, 0.2) is 0 Å². The number of fused-ring (bicyclic) bond motifs is 2. The van der Waals surface area contributed by atoms with Crippen molar-refractivity contribution in [1.29, 1.82) is 0 Å². The molecule has 4 heterocycles. The molecule has 0 unspecified atom stereocenters. The van der Waals surface area contributed by atoms with Gasteiger partial charge in [-0.05, 0) is 25.5 Å². The lowest BCUT2D eigenvalue weighted by Crippen LogP contribution is -2.57. The molecule has 26 heavy (non-hydrogen) atoms. The molecule has 0 radical (unpaired) electrons. The summed E-state index contributed by atoms with van der Waals surface area (Å²) in [5.74, 6) is -0.0314. The van der Waals surface area contributed by atoms with E-state index >= 15 is 0 Å². The Morgan fingerprint density at radius 1 is 1.27 bits per heavy atom. The minimum atomic E-state index is -0.389. The average molecular weight is 356 g/mol. The topological polar surface area (TPSA) is 87.1 Å². The SMILES string of the molecule is CCN1CCc2[nH]cnc2C12CCN(C(=O)Cn1cccnc1=O)CC2. The highest BCUT2D eigenvalue weighted by Gasteiger charge is 2.46. The number of hydrogen-bond acceptors (Lipinski definition) is 5. The van der Waals surface area contributed by atoms with E-state index in [4.69, 9.17) is 0 Å². The van der Waals surface area contributed by atoms with Crippen molar-refractivity contribution in [2.24, 2.45) is 0 Å². The molecule has 1 fully saturated rings. The molecule has 8 nitrogen and oxygen atoms in total. The molecule has 0 aliphatic carbocycles. The van der Waals surface area contributed by atoms with Crippen LogP contribution < -0.4 is 5.69 Å². The van der Waals surface area contributed by atoms with Gasteiger partial charge in [-0.3, -0.25) is 14.3 Å². The highest BCUT2D eigenvalue weighted by atomic mass is 16.2. The van der Waals surface area contributed by atoms with E-state index in [9.17, 15) is 9.59 Å². The molecule has 0 atom stereocenters. The van der Waals surface area contributed by atoms with E-state index in [1.807, 2.05) is 4.90 Å². The second-order valence-electron chi connectivity index (χ2n) is 7.00. The van der Waals surface area contributed by atoms with E-state index in [0.717, 1.165) is 38.0 Å². The zero-order valence-corrected chi connectivity index (χ0v) is 15.0. The highest BCUT2D eigenvalue weighted by molar-refractivity contribution is 5.76. The minimum Gasteiger partial charge on any atom is -0.348 e. The van der Waals surface area contributed by atoms with Crippen LogP contribution in [0.4, 0.5) is 0 Å². The van der Waals surface area contributed by atoms with E-state index in [2.05, 4.69) is 26.8 Å². The van der Waals surface area contributed by atoms with Crippen LogP contribution in [-0.4, -0.2) is 61.4 Å². The molecule has 8 heteroatoms. The Morgan fingerprint density at radius 3 is 2.81 bits per heavy atom. The number of imidazole rings is 1. The average Bonchev–Trinajstić information content (AvgIpc) is 3.14. The van der Waals surface area contributed by atoms with Crippen molar-refractivity contribution in [2.45, 2.75) is 38.3 Å². The molecule has 1 saturated heterocycles. The van der Waals surface area contributed by atoms with Gasteiger partial charge in [-0.15, -0.1) is 0 Å². The molecule has 2 aliphatic heterocycles. The molecule has 1 spiro atoms. The fraction of sp³-hybridized carbons (Fsp3) is 0.556. The third kappa shape index (κ3) is 2.74. The molecule has 0 bridgehead atoms. The largest absolute Gasteiger partial charge is 0.348 e. The molecule has 2 aromatic rings. The summed E-state index contributed by atoms with van der Waals surface area (Å²) in [5, 5.41) is 0. The fourth-order valence-corrected chi connectivity index (χ4v) is 4.42. The summed E-state index contributed by atoms with van der Waals surface area (Å²) >= 11 is 0. The normalized spacial score (nSPS) is 19.5. The summed E-state index contributed by atoms with van der Waals surface area (Å²) in [6.45, 7) is 5.58. The lowest BCUT2D eigenvalue weighted by atomic mass is 9.78. The maximum absolute atomic E-state index is 12.6. The van der Waals surface area contributed by atoms with Gasteiger partial charge in [0.25, 0.3) is 0 Å². The number of nitrogens with one attached hydrogen (secondary N) is 1. The summed E-state index contributed by atoms with van der Waals surface area (Å²) in [7, 11) is 0. The first-order valence-corrected chi connectivity index (χ1v) is 9.21. The zero-order chi connectivity index (χ0) is 18.1. The van der Waals surface area contributed by atoms with Gasteiger partial charge in [0.1, 0.15) is 6.54 Å². The first-order chi connectivity index (χ1) is 12.6. The van der Waals surface area contributed by atoms with Gasteiger partial charge >= 0.3 is 5.69 Å².